The van der Waals surface area contributed by atoms with Gasteiger partial charge < -0.3 is 0 Å². The smallest absolute Gasteiger partial charge is 0.175 e. The van der Waals surface area contributed by atoms with Gasteiger partial charge in [-0.1, -0.05) is 29.3 Å². The van der Waals surface area contributed by atoms with Gasteiger partial charge in [-0.2, -0.15) is 0 Å². The molecule has 122 valence electrons. The van der Waals surface area contributed by atoms with Crippen molar-refractivity contribution in [3.05, 3.63) is 51.7 Å². The summed E-state index contributed by atoms with van der Waals surface area (Å²) in [6.45, 7) is 2.00. The molecule has 0 spiro atoms. The van der Waals surface area contributed by atoms with Crippen LogP contribution in [0, 0.1) is 0 Å². The lowest BCUT2D eigenvalue weighted by molar-refractivity contribution is 0.602. The van der Waals surface area contributed by atoms with E-state index < -0.39 is 9.84 Å². The fourth-order valence-electron chi connectivity index (χ4n) is 3.38. The molecule has 23 heavy (non-hydrogen) atoms. The Hall–Kier alpha value is -1.39. The van der Waals surface area contributed by atoms with Crippen LogP contribution in [0.5, 0.6) is 0 Å². The van der Waals surface area contributed by atoms with Crippen LogP contribution in [0.1, 0.15) is 44.1 Å². The summed E-state index contributed by atoms with van der Waals surface area (Å²) in [7, 11) is -3.18. The van der Waals surface area contributed by atoms with Crippen molar-refractivity contribution >= 4 is 27.7 Å². The van der Waals surface area contributed by atoms with E-state index in [9.17, 15) is 8.42 Å². The quantitative estimate of drug-likeness (QED) is 0.732. The number of aliphatic imine (C=N–C) groups is 1. The minimum absolute atomic E-state index is 0.0710. The van der Waals surface area contributed by atoms with Crippen molar-refractivity contribution in [2.24, 2.45) is 4.99 Å². The van der Waals surface area contributed by atoms with Crippen LogP contribution < -0.4 is 0 Å². The molecular formula is C18H20ClNO2S. The van der Waals surface area contributed by atoms with Crippen molar-refractivity contribution in [1.29, 1.82) is 0 Å². The molecule has 3 rings (SSSR count). The predicted molar refractivity (Wildman–Crippen MR) is 94.8 cm³/mol. The van der Waals surface area contributed by atoms with E-state index in [0.717, 1.165) is 24.0 Å². The van der Waals surface area contributed by atoms with E-state index in [1.165, 1.54) is 30.2 Å². The fraction of sp³-hybridized carbons (Fsp3) is 0.389. The molecule has 1 aromatic carbocycles. The Bertz CT molecular complexity index is 809. The summed E-state index contributed by atoms with van der Waals surface area (Å²) in [5, 5.41) is 0.532. The summed E-state index contributed by atoms with van der Waals surface area (Å²) in [6, 6.07) is 7.13. The first-order valence-corrected chi connectivity index (χ1v) is 10.1. The maximum atomic E-state index is 11.6. The zero-order valence-corrected chi connectivity index (χ0v) is 14.9. The highest BCUT2D eigenvalue weighted by Gasteiger charge is 2.27. The molecule has 3 nitrogen and oxygen atoms in total. The first-order chi connectivity index (χ1) is 10.9. The summed E-state index contributed by atoms with van der Waals surface area (Å²) in [6.07, 6.45) is 7.80. The highest BCUT2D eigenvalue weighted by molar-refractivity contribution is 7.90. The van der Waals surface area contributed by atoms with Gasteiger partial charge in [0.2, 0.25) is 0 Å². The SMILES string of the molecule is CC1=C(Cl)N=CC(=C2CCCC2)C1c1ccc(S(C)(=O)=O)cc1. The molecule has 0 saturated heterocycles. The van der Waals surface area contributed by atoms with E-state index in [1.807, 2.05) is 25.3 Å². The Morgan fingerprint density at radius 2 is 1.74 bits per heavy atom. The molecule has 1 aliphatic heterocycles. The summed E-state index contributed by atoms with van der Waals surface area (Å²) >= 11 is 6.25. The molecule has 0 bridgehead atoms. The third-order valence-corrected chi connectivity index (χ3v) is 6.17. The molecule has 1 aliphatic carbocycles. The standard InChI is InChI=1S/C18H20ClNO2S/c1-12-17(14-7-9-15(10-8-14)23(2,21)22)16(11-20-18(12)19)13-5-3-4-6-13/h7-11,17H,3-6H2,1-2H3. The van der Waals surface area contributed by atoms with Gasteiger partial charge >= 0.3 is 0 Å². The monoisotopic (exact) mass is 349 g/mol. The zero-order chi connectivity index (χ0) is 16.6. The number of halogens is 1. The van der Waals surface area contributed by atoms with Crippen molar-refractivity contribution in [1.82, 2.24) is 0 Å². The molecule has 1 aromatic rings. The molecular weight excluding hydrogens is 330 g/mol. The number of hydrogen-bond acceptors (Lipinski definition) is 3. The zero-order valence-electron chi connectivity index (χ0n) is 13.3. The molecule has 1 fully saturated rings. The molecule has 0 amide bonds. The van der Waals surface area contributed by atoms with E-state index in [0.29, 0.717) is 10.1 Å². The van der Waals surface area contributed by atoms with Crippen LogP contribution in [0.2, 0.25) is 0 Å². The van der Waals surface area contributed by atoms with Crippen molar-refractivity contribution in [3.63, 3.8) is 0 Å². The molecule has 1 saturated carbocycles. The van der Waals surface area contributed by atoms with E-state index in [4.69, 9.17) is 11.6 Å². The molecule has 1 unspecified atom stereocenters. The van der Waals surface area contributed by atoms with E-state index in [-0.39, 0.29) is 5.92 Å². The highest BCUT2D eigenvalue weighted by Crippen LogP contribution is 2.41. The lowest BCUT2D eigenvalue weighted by atomic mass is 9.82. The molecule has 1 atom stereocenters. The normalized spacial score (nSPS) is 22.1. The topological polar surface area (TPSA) is 46.5 Å². The summed E-state index contributed by atoms with van der Waals surface area (Å²) in [4.78, 5) is 4.68. The molecule has 0 radical (unpaired) electrons. The number of allylic oxidation sites excluding steroid dienone is 3. The lowest BCUT2D eigenvalue weighted by Gasteiger charge is -2.25. The second-order valence-electron chi connectivity index (χ2n) is 6.27. The average Bonchev–Trinajstić information content (AvgIpc) is 3.03. The van der Waals surface area contributed by atoms with Gasteiger partial charge in [-0.15, -0.1) is 0 Å². The number of sulfone groups is 1. The third-order valence-electron chi connectivity index (χ3n) is 4.64. The molecule has 0 aromatic heterocycles. The van der Waals surface area contributed by atoms with Crippen LogP contribution in [0.25, 0.3) is 0 Å². The number of nitrogens with zero attached hydrogens (tertiary/aromatic N) is 1. The van der Waals surface area contributed by atoms with Crippen LogP contribution in [-0.2, 0) is 9.84 Å². The van der Waals surface area contributed by atoms with Crippen molar-refractivity contribution < 1.29 is 8.42 Å². The van der Waals surface area contributed by atoms with Crippen LogP contribution >= 0.6 is 11.6 Å². The number of hydrogen-bond donors (Lipinski definition) is 0. The number of rotatable bonds is 2. The van der Waals surface area contributed by atoms with Crippen LogP contribution in [0.3, 0.4) is 0 Å². The Labute approximate surface area is 142 Å². The van der Waals surface area contributed by atoms with Crippen molar-refractivity contribution in [2.75, 3.05) is 6.26 Å². The van der Waals surface area contributed by atoms with Gasteiger partial charge in [-0.05, 0) is 61.4 Å². The van der Waals surface area contributed by atoms with Gasteiger partial charge in [-0.25, -0.2) is 13.4 Å². The van der Waals surface area contributed by atoms with Gasteiger partial charge in [0, 0.05) is 18.4 Å². The van der Waals surface area contributed by atoms with Gasteiger partial charge in [0.05, 0.1) is 4.90 Å². The molecule has 0 N–H and O–H groups in total. The van der Waals surface area contributed by atoms with Crippen molar-refractivity contribution in [3.8, 4) is 0 Å². The van der Waals surface area contributed by atoms with Crippen LogP contribution in [-0.4, -0.2) is 20.9 Å². The van der Waals surface area contributed by atoms with Gasteiger partial charge in [0.25, 0.3) is 0 Å². The lowest BCUT2D eigenvalue weighted by Crippen LogP contribution is -2.12. The minimum atomic E-state index is -3.18. The Morgan fingerprint density at radius 3 is 2.30 bits per heavy atom. The summed E-state index contributed by atoms with van der Waals surface area (Å²) in [5.74, 6) is 0.0710. The predicted octanol–water partition coefficient (Wildman–Crippen LogP) is 4.60. The fourth-order valence-corrected chi connectivity index (χ4v) is 4.17. The Kier molecular flexibility index (Phi) is 4.47. The van der Waals surface area contributed by atoms with E-state index in [2.05, 4.69) is 4.99 Å². The first kappa shape index (κ1) is 16.5. The van der Waals surface area contributed by atoms with E-state index >= 15 is 0 Å². The minimum Gasteiger partial charge on any atom is -0.244 e. The Balaban J connectivity index is 2.07. The molecule has 1 heterocycles. The van der Waals surface area contributed by atoms with Gasteiger partial charge in [-0.3, -0.25) is 0 Å². The third kappa shape index (κ3) is 3.29. The van der Waals surface area contributed by atoms with Crippen LogP contribution in [0.4, 0.5) is 0 Å². The first-order valence-electron chi connectivity index (χ1n) is 7.80. The summed E-state index contributed by atoms with van der Waals surface area (Å²) < 4.78 is 23.3. The molecule has 2 aliphatic rings. The average molecular weight is 350 g/mol. The second-order valence-corrected chi connectivity index (χ2v) is 8.65. The van der Waals surface area contributed by atoms with Gasteiger partial charge in [0.1, 0.15) is 5.16 Å². The summed E-state index contributed by atoms with van der Waals surface area (Å²) in [5.41, 5.74) is 4.77. The number of benzene rings is 1. The maximum absolute atomic E-state index is 11.6. The highest BCUT2D eigenvalue weighted by atomic mass is 35.5. The largest absolute Gasteiger partial charge is 0.244 e. The van der Waals surface area contributed by atoms with Gasteiger partial charge in [0.15, 0.2) is 9.84 Å². The van der Waals surface area contributed by atoms with Crippen LogP contribution in [0.15, 0.2) is 56.0 Å². The Morgan fingerprint density at radius 1 is 1.13 bits per heavy atom. The van der Waals surface area contributed by atoms with E-state index in [1.54, 1.807) is 12.1 Å². The molecule has 5 heteroatoms. The van der Waals surface area contributed by atoms with Crippen molar-refractivity contribution in [2.45, 2.75) is 43.4 Å². The second kappa shape index (κ2) is 6.25. The maximum Gasteiger partial charge on any atom is 0.175 e.